The molecule has 0 aliphatic carbocycles. The minimum absolute atomic E-state index is 0.141. The van der Waals surface area contributed by atoms with Crippen molar-refractivity contribution in [2.24, 2.45) is 11.5 Å². The van der Waals surface area contributed by atoms with Gasteiger partial charge in [-0.05, 0) is 6.42 Å². The Morgan fingerprint density at radius 3 is 2.67 bits per heavy atom. The van der Waals surface area contributed by atoms with Gasteiger partial charge in [0, 0.05) is 12.8 Å². The van der Waals surface area contributed by atoms with Gasteiger partial charge in [0.1, 0.15) is 6.29 Å². The molecule has 0 aliphatic heterocycles. The second-order valence-electron chi connectivity index (χ2n) is 2.38. The minimum atomic E-state index is -0.483. The summed E-state index contributed by atoms with van der Waals surface area (Å²) >= 11 is 0. The Labute approximate surface area is 71.0 Å². The van der Waals surface area contributed by atoms with Crippen molar-refractivity contribution in [3.8, 4) is 0 Å². The number of esters is 1. The number of carbonyl (C=O) groups excluding carboxylic acids is 2. The number of rotatable bonds is 6. The molecule has 0 atom stereocenters. The van der Waals surface area contributed by atoms with Crippen LogP contribution in [-0.2, 0) is 14.3 Å². The molecule has 0 radical (unpaired) electrons. The fraction of sp³-hybridized carbons (Fsp3) is 0.714. The van der Waals surface area contributed by atoms with Gasteiger partial charge >= 0.3 is 5.97 Å². The first kappa shape index (κ1) is 11.1. The van der Waals surface area contributed by atoms with Crippen LogP contribution < -0.4 is 11.5 Å². The SMILES string of the molecule is NC(N)CCC(=O)OCCC=O. The van der Waals surface area contributed by atoms with Gasteiger partial charge in [-0.1, -0.05) is 0 Å². The van der Waals surface area contributed by atoms with Crippen molar-refractivity contribution in [2.75, 3.05) is 6.61 Å². The third-order valence-corrected chi connectivity index (χ3v) is 1.18. The second-order valence-corrected chi connectivity index (χ2v) is 2.38. The lowest BCUT2D eigenvalue weighted by Gasteiger charge is -2.04. The number of ether oxygens (including phenoxy) is 1. The Balaban J connectivity index is 3.27. The van der Waals surface area contributed by atoms with E-state index in [2.05, 4.69) is 4.74 Å². The first-order valence-corrected chi connectivity index (χ1v) is 3.77. The molecule has 4 N–H and O–H groups in total. The zero-order valence-electron chi connectivity index (χ0n) is 6.86. The zero-order chi connectivity index (χ0) is 9.40. The fourth-order valence-corrected chi connectivity index (χ4v) is 0.578. The largest absolute Gasteiger partial charge is 0.465 e. The third-order valence-electron chi connectivity index (χ3n) is 1.18. The van der Waals surface area contributed by atoms with Crippen LogP contribution >= 0.6 is 0 Å². The van der Waals surface area contributed by atoms with Gasteiger partial charge in [-0.3, -0.25) is 4.79 Å². The van der Waals surface area contributed by atoms with Gasteiger partial charge in [0.15, 0.2) is 0 Å². The maximum Gasteiger partial charge on any atom is 0.305 e. The van der Waals surface area contributed by atoms with Gasteiger partial charge in [0.2, 0.25) is 0 Å². The molecule has 5 heteroatoms. The molecule has 0 unspecified atom stereocenters. The molecular weight excluding hydrogens is 160 g/mol. The van der Waals surface area contributed by atoms with Gasteiger partial charge < -0.3 is 21.0 Å². The molecule has 0 saturated carbocycles. The predicted octanol–water partition coefficient (Wildman–Crippen LogP) is -0.858. The van der Waals surface area contributed by atoms with Crippen molar-refractivity contribution in [3.05, 3.63) is 0 Å². The van der Waals surface area contributed by atoms with Crippen molar-refractivity contribution < 1.29 is 14.3 Å². The average molecular weight is 174 g/mol. The normalized spacial score (nSPS) is 9.92. The first-order chi connectivity index (χ1) is 5.66. The summed E-state index contributed by atoms with van der Waals surface area (Å²) < 4.78 is 4.65. The topological polar surface area (TPSA) is 95.4 Å². The molecule has 0 amide bonds. The van der Waals surface area contributed by atoms with Gasteiger partial charge in [0.25, 0.3) is 0 Å². The van der Waals surface area contributed by atoms with Crippen LogP contribution in [0.25, 0.3) is 0 Å². The van der Waals surface area contributed by atoms with Crippen molar-refractivity contribution in [3.63, 3.8) is 0 Å². The lowest BCUT2D eigenvalue weighted by molar-refractivity contribution is -0.144. The zero-order valence-corrected chi connectivity index (χ0v) is 6.86. The van der Waals surface area contributed by atoms with Crippen LogP contribution in [0.3, 0.4) is 0 Å². The maximum atomic E-state index is 10.8. The van der Waals surface area contributed by atoms with Crippen LogP contribution in [0.2, 0.25) is 0 Å². The molecule has 0 aromatic carbocycles. The van der Waals surface area contributed by atoms with Crippen molar-refractivity contribution in [1.29, 1.82) is 0 Å². The number of aldehydes is 1. The van der Waals surface area contributed by atoms with E-state index in [4.69, 9.17) is 11.5 Å². The Kier molecular flexibility index (Phi) is 6.22. The summed E-state index contributed by atoms with van der Waals surface area (Å²) in [6.07, 6.45) is 1.06. The summed E-state index contributed by atoms with van der Waals surface area (Å²) in [6, 6.07) is 0. The van der Waals surface area contributed by atoms with E-state index in [9.17, 15) is 9.59 Å². The quantitative estimate of drug-likeness (QED) is 0.236. The molecule has 0 rings (SSSR count). The molecule has 0 spiro atoms. The highest BCUT2D eigenvalue weighted by molar-refractivity contribution is 5.69. The van der Waals surface area contributed by atoms with E-state index in [0.29, 0.717) is 12.7 Å². The van der Waals surface area contributed by atoms with Crippen LogP contribution in [0.4, 0.5) is 0 Å². The van der Waals surface area contributed by atoms with E-state index in [0.717, 1.165) is 0 Å². The summed E-state index contributed by atoms with van der Waals surface area (Å²) in [7, 11) is 0. The Bertz CT molecular complexity index is 148. The molecule has 12 heavy (non-hydrogen) atoms. The molecule has 0 fully saturated rings. The van der Waals surface area contributed by atoms with Gasteiger partial charge in [0.05, 0.1) is 12.8 Å². The molecule has 0 bridgehead atoms. The minimum Gasteiger partial charge on any atom is -0.465 e. The lowest BCUT2D eigenvalue weighted by Crippen LogP contribution is -2.31. The second kappa shape index (κ2) is 6.75. The monoisotopic (exact) mass is 174 g/mol. The summed E-state index contributed by atoms with van der Waals surface area (Å²) in [5.41, 5.74) is 10.4. The highest BCUT2D eigenvalue weighted by Gasteiger charge is 2.03. The predicted molar refractivity (Wildman–Crippen MR) is 43.0 cm³/mol. The first-order valence-electron chi connectivity index (χ1n) is 3.77. The number of hydrogen-bond acceptors (Lipinski definition) is 5. The molecule has 5 nitrogen and oxygen atoms in total. The number of hydrogen-bond donors (Lipinski definition) is 2. The highest BCUT2D eigenvalue weighted by atomic mass is 16.5. The highest BCUT2D eigenvalue weighted by Crippen LogP contribution is 1.93. The molecular formula is C7H14N2O3. The van der Waals surface area contributed by atoms with Crippen LogP contribution in [-0.4, -0.2) is 25.0 Å². The molecule has 0 aromatic rings. The smallest absolute Gasteiger partial charge is 0.305 e. The molecule has 0 saturated heterocycles. The van der Waals surface area contributed by atoms with E-state index >= 15 is 0 Å². The van der Waals surface area contributed by atoms with Crippen LogP contribution in [0.15, 0.2) is 0 Å². The summed E-state index contributed by atoms with van der Waals surface area (Å²) in [6.45, 7) is 0.141. The molecule has 0 heterocycles. The van der Waals surface area contributed by atoms with Gasteiger partial charge in [-0.25, -0.2) is 0 Å². The summed E-state index contributed by atoms with van der Waals surface area (Å²) in [5, 5.41) is 0. The van der Waals surface area contributed by atoms with Crippen LogP contribution in [0.1, 0.15) is 19.3 Å². The number of carbonyl (C=O) groups is 2. The molecule has 0 aliphatic rings. The number of nitrogens with two attached hydrogens (primary N) is 2. The van der Waals surface area contributed by atoms with Gasteiger partial charge in [-0.15, -0.1) is 0 Å². The standard InChI is InChI=1S/C7H14N2O3/c8-6(9)2-3-7(11)12-5-1-4-10/h4,6H,1-3,5,8-9H2. The van der Waals surface area contributed by atoms with Crippen molar-refractivity contribution >= 4 is 12.3 Å². The maximum absolute atomic E-state index is 10.8. The third kappa shape index (κ3) is 7.17. The van der Waals surface area contributed by atoms with E-state index in [1.807, 2.05) is 0 Å². The average Bonchev–Trinajstić information content (AvgIpc) is 2.01. The Morgan fingerprint density at radius 1 is 1.50 bits per heavy atom. The van der Waals surface area contributed by atoms with Crippen molar-refractivity contribution in [1.82, 2.24) is 0 Å². The Hall–Kier alpha value is -0.940. The fourth-order valence-electron chi connectivity index (χ4n) is 0.578. The van der Waals surface area contributed by atoms with E-state index in [1.54, 1.807) is 0 Å². The summed E-state index contributed by atoms with van der Waals surface area (Å²) in [5.74, 6) is -0.363. The Morgan fingerprint density at radius 2 is 2.17 bits per heavy atom. The van der Waals surface area contributed by atoms with Crippen LogP contribution in [0, 0.1) is 0 Å². The van der Waals surface area contributed by atoms with Crippen LogP contribution in [0.5, 0.6) is 0 Å². The van der Waals surface area contributed by atoms with Crippen molar-refractivity contribution in [2.45, 2.75) is 25.4 Å². The molecule has 0 aromatic heterocycles. The molecule has 70 valence electrons. The van der Waals surface area contributed by atoms with E-state index in [1.165, 1.54) is 0 Å². The lowest BCUT2D eigenvalue weighted by atomic mass is 10.3. The van der Waals surface area contributed by atoms with Gasteiger partial charge in [-0.2, -0.15) is 0 Å². The summed E-state index contributed by atoms with van der Waals surface area (Å²) in [4.78, 5) is 20.6. The van der Waals surface area contributed by atoms with E-state index < -0.39 is 6.17 Å². The van der Waals surface area contributed by atoms with E-state index in [-0.39, 0.29) is 25.4 Å².